The minimum atomic E-state index is -3.46. The van der Waals surface area contributed by atoms with Gasteiger partial charge in [-0.3, -0.25) is 4.98 Å². The number of nitrogens with zero attached hydrogens (tertiary/aromatic N) is 2. The van der Waals surface area contributed by atoms with Gasteiger partial charge < -0.3 is 5.32 Å². The Hall–Kier alpha value is -1.28. The highest BCUT2D eigenvalue weighted by Gasteiger charge is 2.35. The molecule has 2 aromatic rings. The maximum absolute atomic E-state index is 13.0. The van der Waals surface area contributed by atoms with Crippen LogP contribution in [0.25, 0.3) is 0 Å². The molecule has 118 valence electrons. The Kier molecular flexibility index (Phi) is 4.58. The van der Waals surface area contributed by atoms with Crippen LogP contribution >= 0.6 is 11.3 Å². The van der Waals surface area contributed by atoms with Crippen LogP contribution in [0.2, 0.25) is 0 Å². The van der Waals surface area contributed by atoms with Crippen LogP contribution < -0.4 is 5.32 Å². The van der Waals surface area contributed by atoms with E-state index < -0.39 is 10.0 Å². The van der Waals surface area contributed by atoms with E-state index in [-0.39, 0.29) is 6.04 Å². The van der Waals surface area contributed by atoms with Crippen LogP contribution in [0.15, 0.2) is 40.9 Å². The second-order valence-electron chi connectivity index (χ2n) is 5.20. The van der Waals surface area contributed by atoms with Crippen LogP contribution in [-0.2, 0) is 16.4 Å². The van der Waals surface area contributed by atoms with Crippen LogP contribution in [0.5, 0.6) is 0 Å². The van der Waals surface area contributed by atoms with Crippen molar-refractivity contribution in [3.8, 4) is 0 Å². The predicted molar refractivity (Wildman–Crippen MR) is 87.4 cm³/mol. The van der Waals surface area contributed by atoms with Crippen molar-refractivity contribution in [2.45, 2.75) is 23.6 Å². The standard InChI is InChI=1S/C15H19N3O2S2/c1-2-13-5-6-15(21-13)22(19,20)18-9-8-17-11-14(18)12-4-3-7-16-10-12/h3-7,10,14,17H,2,8-9,11H2,1H3. The molecule has 1 unspecified atom stereocenters. The van der Waals surface area contributed by atoms with E-state index in [1.54, 1.807) is 22.8 Å². The van der Waals surface area contributed by atoms with Crippen molar-refractivity contribution in [1.82, 2.24) is 14.6 Å². The molecule has 5 nitrogen and oxygen atoms in total. The maximum atomic E-state index is 13.0. The van der Waals surface area contributed by atoms with Crippen LogP contribution in [0.3, 0.4) is 0 Å². The Morgan fingerprint density at radius 3 is 2.95 bits per heavy atom. The van der Waals surface area contributed by atoms with Crippen molar-refractivity contribution in [1.29, 1.82) is 0 Å². The number of hydrogen-bond donors (Lipinski definition) is 1. The van der Waals surface area contributed by atoms with Gasteiger partial charge in [-0.25, -0.2) is 8.42 Å². The van der Waals surface area contributed by atoms with Gasteiger partial charge in [0.15, 0.2) is 0 Å². The number of piperazine rings is 1. The normalized spacial score (nSPS) is 20.1. The SMILES string of the molecule is CCc1ccc(S(=O)(=O)N2CCNCC2c2cccnc2)s1. The number of thiophene rings is 1. The monoisotopic (exact) mass is 337 g/mol. The highest BCUT2D eigenvalue weighted by molar-refractivity contribution is 7.91. The second kappa shape index (κ2) is 6.45. The molecule has 0 aromatic carbocycles. The molecule has 0 radical (unpaired) electrons. The van der Waals surface area contributed by atoms with E-state index in [0.717, 1.165) is 16.9 Å². The molecule has 0 aliphatic carbocycles. The van der Waals surface area contributed by atoms with Gasteiger partial charge in [-0.2, -0.15) is 4.31 Å². The molecule has 2 aromatic heterocycles. The van der Waals surface area contributed by atoms with Gasteiger partial charge in [0.2, 0.25) is 0 Å². The van der Waals surface area contributed by atoms with Gasteiger partial charge in [0.05, 0.1) is 6.04 Å². The number of rotatable bonds is 4. The number of hydrogen-bond acceptors (Lipinski definition) is 5. The van der Waals surface area contributed by atoms with Crippen molar-refractivity contribution < 1.29 is 8.42 Å². The number of nitrogens with one attached hydrogen (secondary N) is 1. The Bertz CT molecular complexity index is 728. The molecule has 1 fully saturated rings. The first-order valence-electron chi connectivity index (χ1n) is 7.34. The Morgan fingerprint density at radius 2 is 2.27 bits per heavy atom. The van der Waals surface area contributed by atoms with E-state index in [0.29, 0.717) is 23.8 Å². The average Bonchev–Trinajstić information content (AvgIpc) is 3.06. The van der Waals surface area contributed by atoms with E-state index in [4.69, 9.17) is 0 Å². The smallest absolute Gasteiger partial charge is 0.253 e. The molecule has 7 heteroatoms. The fraction of sp³-hybridized carbons (Fsp3) is 0.400. The lowest BCUT2D eigenvalue weighted by Gasteiger charge is -2.34. The maximum Gasteiger partial charge on any atom is 0.253 e. The molecule has 3 rings (SSSR count). The van der Waals surface area contributed by atoms with Gasteiger partial charge in [-0.1, -0.05) is 13.0 Å². The van der Waals surface area contributed by atoms with Crippen molar-refractivity contribution in [2.75, 3.05) is 19.6 Å². The first-order valence-corrected chi connectivity index (χ1v) is 9.60. The first kappa shape index (κ1) is 15.6. The third-order valence-corrected chi connectivity index (χ3v) is 7.42. The number of sulfonamides is 1. The zero-order valence-electron chi connectivity index (χ0n) is 12.4. The van der Waals surface area contributed by atoms with Crippen molar-refractivity contribution >= 4 is 21.4 Å². The lowest BCUT2D eigenvalue weighted by molar-refractivity contribution is 0.271. The van der Waals surface area contributed by atoms with Gasteiger partial charge in [-0.15, -0.1) is 11.3 Å². The summed E-state index contributed by atoms with van der Waals surface area (Å²) >= 11 is 1.37. The number of aromatic nitrogens is 1. The summed E-state index contributed by atoms with van der Waals surface area (Å²) in [5.74, 6) is 0. The molecule has 1 N–H and O–H groups in total. The summed E-state index contributed by atoms with van der Waals surface area (Å²) < 4.78 is 28.0. The van der Waals surface area contributed by atoms with E-state index in [1.165, 1.54) is 11.3 Å². The topological polar surface area (TPSA) is 62.3 Å². The third kappa shape index (κ3) is 2.94. The summed E-state index contributed by atoms with van der Waals surface area (Å²) in [5, 5.41) is 3.27. The summed E-state index contributed by atoms with van der Waals surface area (Å²) in [6, 6.07) is 7.19. The summed E-state index contributed by atoms with van der Waals surface area (Å²) in [6.45, 7) is 3.78. The van der Waals surface area contributed by atoms with Gasteiger partial charge in [-0.05, 0) is 30.2 Å². The summed E-state index contributed by atoms with van der Waals surface area (Å²) in [5.41, 5.74) is 0.922. The zero-order valence-corrected chi connectivity index (χ0v) is 14.0. The van der Waals surface area contributed by atoms with Gasteiger partial charge >= 0.3 is 0 Å². The Balaban J connectivity index is 1.96. The number of pyridine rings is 1. The fourth-order valence-corrected chi connectivity index (χ4v) is 5.67. The van der Waals surface area contributed by atoms with Crippen molar-refractivity contribution in [2.24, 2.45) is 0 Å². The summed E-state index contributed by atoms with van der Waals surface area (Å²) in [7, 11) is -3.46. The molecule has 1 aliphatic heterocycles. The molecule has 0 saturated carbocycles. The first-order chi connectivity index (χ1) is 10.6. The van der Waals surface area contributed by atoms with Crippen molar-refractivity contribution in [3.05, 3.63) is 47.1 Å². The highest BCUT2D eigenvalue weighted by Crippen LogP contribution is 2.31. The minimum absolute atomic E-state index is 0.209. The lowest BCUT2D eigenvalue weighted by Crippen LogP contribution is -2.48. The highest BCUT2D eigenvalue weighted by atomic mass is 32.2. The summed E-state index contributed by atoms with van der Waals surface area (Å²) in [6.07, 6.45) is 4.30. The van der Waals surface area contributed by atoms with Crippen LogP contribution in [0.1, 0.15) is 23.4 Å². The molecule has 22 heavy (non-hydrogen) atoms. The summed E-state index contributed by atoms with van der Waals surface area (Å²) in [4.78, 5) is 5.21. The molecule has 1 saturated heterocycles. The molecule has 3 heterocycles. The van der Waals surface area contributed by atoms with E-state index in [1.807, 2.05) is 25.1 Å². The minimum Gasteiger partial charge on any atom is -0.313 e. The van der Waals surface area contributed by atoms with Gasteiger partial charge in [0.1, 0.15) is 4.21 Å². The Morgan fingerprint density at radius 1 is 1.41 bits per heavy atom. The largest absolute Gasteiger partial charge is 0.313 e. The fourth-order valence-electron chi connectivity index (χ4n) is 2.63. The van der Waals surface area contributed by atoms with Crippen LogP contribution in [-0.4, -0.2) is 37.3 Å². The van der Waals surface area contributed by atoms with E-state index in [9.17, 15) is 8.42 Å². The quantitative estimate of drug-likeness (QED) is 0.927. The van der Waals surface area contributed by atoms with E-state index >= 15 is 0 Å². The molecule has 0 bridgehead atoms. The zero-order chi connectivity index (χ0) is 15.6. The van der Waals surface area contributed by atoms with Crippen LogP contribution in [0, 0.1) is 0 Å². The number of aryl methyl sites for hydroxylation is 1. The average molecular weight is 337 g/mol. The van der Waals surface area contributed by atoms with Crippen molar-refractivity contribution in [3.63, 3.8) is 0 Å². The molecular weight excluding hydrogens is 318 g/mol. The molecular formula is C15H19N3O2S2. The lowest BCUT2D eigenvalue weighted by atomic mass is 10.1. The molecule has 1 aliphatic rings. The van der Waals surface area contributed by atoms with Crippen LogP contribution in [0.4, 0.5) is 0 Å². The predicted octanol–water partition coefficient (Wildman–Crippen LogP) is 2.04. The molecule has 0 spiro atoms. The molecule has 0 amide bonds. The molecule has 1 atom stereocenters. The second-order valence-corrected chi connectivity index (χ2v) is 8.48. The van der Waals surface area contributed by atoms with E-state index in [2.05, 4.69) is 10.3 Å². The van der Waals surface area contributed by atoms with Gasteiger partial charge in [0.25, 0.3) is 10.0 Å². The van der Waals surface area contributed by atoms with Gasteiger partial charge in [0, 0.05) is 36.9 Å². The third-order valence-electron chi connectivity index (χ3n) is 3.81. The Labute approximate surface area is 135 Å².